The summed E-state index contributed by atoms with van der Waals surface area (Å²) < 4.78 is 32.5. The summed E-state index contributed by atoms with van der Waals surface area (Å²) in [6.07, 6.45) is 1.07. The molecule has 2 aromatic carbocycles. The number of hydrogen-bond donors (Lipinski definition) is 1. The van der Waals surface area contributed by atoms with Crippen LogP contribution in [0, 0.1) is 10.1 Å². The molecule has 12 heteroatoms. The van der Waals surface area contributed by atoms with Gasteiger partial charge in [-0.2, -0.15) is 5.10 Å². The molecule has 0 bridgehead atoms. The number of sulfonamides is 1. The average Bonchev–Trinajstić information content (AvgIpc) is 3.06. The molecule has 1 heterocycles. The molecule has 0 radical (unpaired) electrons. The van der Waals surface area contributed by atoms with Crippen molar-refractivity contribution < 1.29 is 18.1 Å². The Kier molecular flexibility index (Phi) is 6.65. The lowest BCUT2D eigenvalue weighted by Crippen LogP contribution is -2.21. The molecule has 0 aliphatic carbocycles. The average molecular weight is 518 g/mol. The number of nitro groups is 1. The van der Waals surface area contributed by atoms with Crippen LogP contribution in [0.4, 0.5) is 5.69 Å². The van der Waals surface area contributed by atoms with Crippen LogP contribution in [0.2, 0.25) is 5.02 Å². The zero-order valence-corrected chi connectivity index (χ0v) is 19.2. The summed E-state index contributed by atoms with van der Waals surface area (Å²) in [6, 6.07) is 7.92. The number of fused-ring (bicyclic) bond motifs is 1. The van der Waals surface area contributed by atoms with E-state index < -0.39 is 14.9 Å². The van der Waals surface area contributed by atoms with Crippen LogP contribution in [-0.4, -0.2) is 41.8 Å². The van der Waals surface area contributed by atoms with Crippen molar-refractivity contribution in [3.05, 3.63) is 51.0 Å². The maximum absolute atomic E-state index is 11.6. The molecule has 0 spiro atoms. The fourth-order valence-corrected chi connectivity index (χ4v) is 4.10. The van der Waals surface area contributed by atoms with Crippen LogP contribution in [0.1, 0.15) is 5.56 Å². The van der Waals surface area contributed by atoms with Gasteiger partial charge in [0.05, 0.1) is 35.2 Å². The van der Waals surface area contributed by atoms with Crippen LogP contribution in [0.25, 0.3) is 22.2 Å². The quantitative estimate of drug-likeness (QED) is 0.276. The molecule has 0 atom stereocenters. The van der Waals surface area contributed by atoms with E-state index in [9.17, 15) is 18.5 Å². The minimum absolute atomic E-state index is 0.0114. The smallest absolute Gasteiger partial charge is 0.295 e. The van der Waals surface area contributed by atoms with Gasteiger partial charge < -0.3 is 4.74 Å². The number of benzene rings is 2. The highest BCUT2D eigenvalue weighted by molar-refractivity contribution is 9.09. The van der Waals surface area contributed by atoms with Gasteiger partial charge in [0.25, 0.3) is 5.69 Å². The number of non-ortho nitro benzene ring substituents is 1. The van der Waals surface area contributed by atoms with Crippen LogP contribution in [-0.2, 0) is 23.1 Å². The van der Waals surface area contributed by atoms with Crippen LogP contribution in [0.3, 0.4) is 0 Å². The molecule has 160 valence electrons. The summed E-state index contributed by atoms with van der Waals surface area (Å²) in [6.45, 7) is 0.385. The van der Waals surface area contributed by atoms with Crippen molar-refractivity contribution in [1.82, 2.24) is 14.5 Å². The standard InChI is InChI=1S/C18H18BrClN4O5S/c1-29-12-4-3-11(10-21-30(2,27)28)13(9-12)17-16-14(20)5-6-15(24(25)26)18(16)23(22-17)8-7-19/h3-6,9,21H,7-8,10H2,1-2H3. The summed E-state index contributed by atoms with van der Waals surface area (Å²) in [5.74, 6) is 0.526. The van der Waals surface area contributed by atoms with Crippen molar-refractivity contribution in [2.45, 2.75) is 13.1 Å². The number of hydrogen-bond acceptors (Lipinski definition) is 6. The second-order valence-electron chi connectivity index (χ2n) is 6.42. The lowest BCUT2D eigenvalue weighted by Gasteiger charge is -2.11. The number of nitro benzene ring substituents is 1. The first-order chi connectivity index (χ1) is 14.2. The van der Waals surface area contributed by atoms with E-state index in [1.165, 1.54) is 23.9 Å². The Balaban J connectivity index is 2.33. The first kappa shape index (κ1) is 22.5. The minimum Gasteiger partial charge on any atom is -0.497 e. The van der Waals surface area contributed by atoms with E-state index in [1.54, 1.807) is 18.2 Å². The maximum atomic E-state index is 11.6. The molecule has 0 aliphatic heterocycles. The van der Waals surface area contributed by atoms with Crippen molar-refractivity contribution in [3.63, 3.8) is 0 Å². The topological polar surface area (TPSA) is 116 Å². The molecule has 30 heavy (non-hydrogen) atoms. The maximum Gasteiger partial charge on any atom is 0.295 e. The number of methoxy groups -OCH3 is 1. The number of aromatic nitrogens is 2. The fraction of sp³-hybridized carbons (Fsp3) is 0.278. The van der Waals surface area contributed by atoms with Crippen LogP contribution < -0.4 is 9.46 Å². The Morgan fingerprint density at radius 2 is 2.07 bits per heavy atom. The molecule has 0 saturated heterocycles. The Morgan fingerprint density at radius 3 is 2.67 bits per heavy atom. The van der Waals surface area contributed by atoms with Crippen LogP contribution in [0.5, 0.6) is 5.75 Å². The van der Waals surface area contributed by atoms with Crippen molar-refractivity contribution in [2.24, 2.45) is 0 Å². The summed E-state index contributed by atoms with van der Waals surface area (Å²) in [4.78, 5) is 11.1. The lowest BCUT2D eigenvalue weighted by molar-refractivity contribution is -0.383. The monoisotopic (exact) mass is 516 g/mol. The van der Waals surface area contributed by atoms with Crippen molar-refractivity contribution in [2.75, 3.05) is 18.7 Å². The lowest BCUT2D eigenvalue weighted by atomic mass is 10.0. The van der Waals surface area contributed by atoms with Gasteiger partial charge in [0, 0.05) is 23.5 Å². The summed E-state index contributed by atoms with van der Waals surface area (Å²) in [7, 11) is -1.93. The van der Waals surface area contributed by atoms with Gasteiger partial charge >= 0.3 is 0 Å². The molecule has 1 N–H and O–H groups in total. The Labute approximate surface area is 186 Å². The number of nitrogens with zero attached hydrogens (tertiary/aromatic N) is 3. The van der Waals surface area contributed by atoms with Crippen molar-refractivity contribution >= 4 is 54.1 Å². The SMILES string of the molecule is COc1ccc(CNS(C)(=O)=O)c(-c2nn(CCBr)c3c([N+](=O)[O-])ccc(Cl)c23)c1. The van der Waals surface area contributed by atoms with E-state index in [0.717, 1.165) is 6.26 Å². The Morgan fingerprint density at radius 1 is 1.33 bits per heavy atom. The number of halogens is 2. The molecule has 0 saturated carbocycles. The third-order valence-corrected chi connectivity index (χ3v) is 5.75. The first-order valence-corrected chi connectivity index (χ1v) is 12.1. The number of rotatable bonds is 8. The molecule has 0 unspecified atom stereocenters. The fourth-order valence-electron chi connectivity index (χ4n) is 3.11. The van der Waals surface area contributed by atoms with Crippen LogP contribution >= 0.6 is 27.5 Å². The molecule has 3 aromatic rings. The largest absolute Gasteiger partial charge is 0.497 e. The highest BCUT2D eigenvalue weighted by Gasteiger charge is 2.25. The van der Waals surface area contributed by atoms with E-state index in [2.05, 4.69) is 25.8 Å². The van der Waals surface area contributed by atoms with E-state index in [1.807, 2.05) is 0 Å². The van der Waals surface area contributed by atoms with Gasteiger partial charge in [0.15, 0.2) is 0 Å². The molecule has 0 fully saturated rings. The zero-order valence-electron chi connectivity index (χ0n) is 16.1. The molecule has 0 amide bonds. The predicted molar refractivity (Wildman–Crippen MR) is 119 cm³/mol. The van der Waals surface area contributed by atoms with Crippen molar-refractivity contribution in [1.29, 1.82) is 0 Å². The summed E-state index contributed by atoms with van der Waals surface area (Å²) in [5, 5.41) is 17.5. The Bertz CT molecular complexity index is 1230. The third kappa shape index (κ3) is 4.59. The first-order valence-electron chi connectivity index (χ1n) is 8.67. The zero-order chi connectivity index (χ0) is 22.1. The summed E-state index contributed by atoms with van der Waals surface area (Å²) in [5.41, 5.74) is 1.77. The van der Waals surface area contributed by atoms with Crippen LogP contribution in [0.15, 0.2) is 30.3 Å². The van der Waals surface area contributed by atoms with Gasteiger partial charge in [0.2, 0.25) is 10.0 Å². The Hall–Kier alpha value is -2.21. The van der Waals surface area contributed by atoms with E-state index in [4.69, 9.17) is 16.3 Å². The van der Waals surface area contributed by atoms with E-state index in [-0.39, 0.29) is 12.2 Å². The highest BCUT2D eigenvalue weighted by Crippen LogP contribution is 2.40. The second kappa shape index (κ2) is 8.88. The van der Waals surface area contributed by atoms with Gasteiger partial charge in [0.1, 0.15) is 17.0 Å². The van der Waals surface area contributed by atoms with E-state index in [0.29, 0.717) is 50.4 Å². The highest BCUT2D eigenvalue weighted by atomic mass is 79.9. The number of aryl methyl sites for hydroxylation is 1. The van der Waals surface area contributed by atoms with E-state index >= 15 is 0 Å². The molecular formula is C18H18BrClN4O5S. The van der Waals surface area contributed by atoms with Gasteiger partial charge in [-0.05, 0) is 23.8 Å². The van der Waals surface area contributed by atoms with Gasteiger partial charge in [-0.3, -0.25) is 14.8 Å². The third-order valence-electron chi connectivity index (χ3n) is 4.41. The molecule has 1 aromatic heterocycles. The van der Waals surface area contributed by atoms with Gasteiger partial charge in [-0.15, -0.1) is 0 Å². The van der Waals surface area contributed by atoms with Gasteiger partial charge in [-0.1, -0.05) is 33.6 Å². The number of ether oxygens (including phenoxy) is 1. The predicted octanol–water partition coefficient (Wildman–Crippen LogP) is 3.72. The second-order valence-corrected chi connectivity index (χ2v) is 9.46. The molecular weight excluding hydrogens is 500 g/mol. The minimum atomic E-state index is -3.44. The number of nitrogens with one attached hydrogen (secondary N) is 1. The number of alkyl halides is 1. The molecule has 0 aliphatic rings. The summed E-state index contributed by atoms with van der Waals surface area (Å²) >= 11 is 9.79. The molecule has 3 rings (SSSR count). The van der Waals surface area contributed by atoms with Gasteiger partial charge in [-0.25, -0.2) is 13.1 Å². The van der Waals surface area contributed by atoms with Crippen molar-refractivity contribution in [3.8, 4) is 17.0 Å². The molecule has 9 nitrogen and oxygen atoms in total. The normalized spacial score (nSPS) is 11.7.